The number of hydrogen-bond acceptors (Lipinski definition) is 6. The monoisotopic (exact) mass is 523 g/mol. The molecule has 0 saturated carbocycles. The molecule has 5 rings (SSSR count). The first-order valence-electron chi connectivity index (χ1n) is 12.1. The van der Waals surface area contributed by atoms with Crippen molar-refractivity contribution in [2.75, 3.05) is 4.90 Å². The second-order valence-electron chi connectivity index (χ2n) is 11.0. The zero-order valence-corrected chi connectivity index (χ0v) is 21.8. The maximum absolute atomic E-state index is 14.9. The van der Waals surface area contributed by atoms with Crippen molar-refractivity contribution in [3.8, 4) is 0 Å². The number of ether oxygens (including phenoxy) is 1. The largest absolute Gasteiger partial charge is 0.443 e. The average molecular weight is 524 g/mol. The smallest absolute Gasteiger partial charge is 0.415 e. The molecule has 198 valence electrons. The fourth-order valence-corrected chi connectivity index (χ4v) is 5.17. The van der Waals surface area contributed by atoms with E-state index in [9.17, 15) is 23.2 Å². The Balaban J connectivity index is 1.88. The Bertz CT molecular complexity index is 1570. The van der Waals surface area contributed by atoms with Crippen LogP contribution in [0.2, 0.25) is 0 Å². The number of anilines is 1. The fraction of sp³-hybridized carbons (Fsp3) is 0.370. The van der Waals surface area contributed by atoms with E-state index < -0.39 is 46.5 Å². The molecule has 2 aliphatic rings. The predicted octanol–water partition coefficient (Wildman–Crippen LogP) is 4.78. The zero-order valence-electron chi connectivity index (χ0n) is 21.8. The van der Waals surface area contributed by atoms with Crippen molar-refractivity contribution < 1.29 is 23.1 Å². The van der Waals surface area contributed by atoms with Crippen molar-refractivity contribution in [3.05, 3.63) is 69.6 Å². The van der Waals surface area contributed by atoms with Gasteiger partial charge in [-0.05, 0) is 71.4 Å². The number of amidine groups is 1. The van der Waals surface area contributed by atoms with E-state index in [1.54, 1.807) is 41.5 Å². The van der Waals surface area contributed by atoms with Crippen molar-refractivity contribution >= 4 is 34.3 Å². The van der Waals surface area contributed by atoms with Crippen molar-refractivity contribution in [1.29, 1.82) is 0 Å². The van der Waals surface area contributed by atoms with Crippen LogP contribution >= 0.6 is 0 Å². The third-order valence-corrected chi connectivity index (χ3v) is 6.59. The molecule has 1 aromatic heterocycles. The van der Waals surface area contributed by atoms with Crippen LogP contribution in [0.15, 0.2) is 46.2 Å². The molecule has 2 aromatic carbocycles. The number of nitrogens with zero attached hydrogens (tertiary/aromatic N) is 4. The molecule has 2 atom stereocenters. The van der Waals surface area contributed by atoms with Crippen LogP contribution in [-0.4, -0.2) is 44.1 Å². The first-order chi connectivity index (χ1) is 17.7. The number of halogens is 2. The molecule has 38 heavy (non-hydrogen) atoms. The Morgan fingerprint density at radius 3 is 2.29 bits per heavy atom. The predicted molar refractivity (Wildman–Crippen MR) is 137 cm³/mol. The molecule has 2 aliphatic heterocycles. The summed E-state index contributed by atoms with van der Waals surface area (Å²) in [5.41, 5.74) is -1.96. The quantitative estimate of drug-likeness (QED) is 0.520. The van der Waals surface area contributed by atoms with Gasteiger partial charge in [0.2, 0.25) is 0 Å². The minimum Gasteiger partial charge on any atom is -0.443 e. The molecule has 0 saturated heterocycles. The highest BCUT2D eigenvalue weighted by Gasteiger charge is 2.52. The maximum atomic E-state index is 14.9. The molecule has 0 fully saturated rings. The van der Waals surface area contributed by atoms with Crippen molar-refractivity contribution in [1.82, 2.24) is 15.1 Å². The number of aliphatic imine (C=N–C) groups is 1. The van der Waals surface area contributed by atoms with Gasteiger partial charge >= 0.3 is 6.09 Å². The van der Waals surface area contributed by atoms with Crippen LogP contribution in [0.1, 0.15) is 64.9 Å². The molecular weight excluding hydrogens is 496 g/mol. The zero-order chi connectivity index (χ0) is 27.7. The van der Waals surface area contributed by atoms with Crippen LogP contribution in [0.3, 0.4) is 0 Å². The van der Waals surface area contributed by atoms with Gasteiger partial charge in [-0.15, -0.1) is 0 Å². The van der Waals surface area contributed by atoms with Gasteiger partial charge in [-0.25, -0.2) is 18.7 Å². The van der Waals surface area contributed by atoms with Gasteiger partial charge < -0.3 is 4.74 Å². The number of carbonyl (C=O) groups is 2. The summed E-state index contributed by atoms with van der Waals surface area (Å²) >= 11 is 0. The second-order valence-corrected chi connectivity index (χ2v) is 11.0. The van der Waals surface area contributed by atoms with Gasteiger partial charge in [-0.3, -0.25) is 24.4 Å². The minimum absolute atomic E-state index is 0.0402. The summed E-state index contributed by atoms with van der Waals surface area (Å²) < 4.78 is 34.6. The van der Waals surface area contributed by atoms with E-state index in [0.717, 1.165) is 12.1 Å². The van der Waals surface area contributed by atoms with E-state index in [0.29, 0.717) is 11.4 Å². The molecule has 0 spiro atoms. The summed E-state index contributed by atoms with van der Waals surface area (Å²) in [6.45, 7) is 10.0. The van der Waals surface area contributed by atoms with Gasteiger partial charge in [0.1, 0.15) is 34.7 Å². The normalized spacial score (nSPS) is 20.6. The van der Waals surface area contributed by atoms with E-state index in [2.05, 4.69) is 15.2 Å². The molecule has 0 aliphatic carbocycles. The Morgan fingerprint density at radius 1 is 1.05 bits per heavy atom. The summed E-state index contributed by atoms with van der Waals surface area (Å²) in [5, 5.41) is 6.88. The lowest BCUT2D eigenvalue weighted by molar-refractivity contribution is -0.132. The number of H-pyrrole nitrogens is 1. The van der Waals surface area contributed by atoms with E-state index in [-0.39, 0.29) is 28.1 Å². The number of nitrogens with one attached hydrogen (secondary N) is 1. The van der Waals surface area contributed by atoms with Crippen molar-refractivity contribution in [3.63, 3.8) is 0 Å². The van der Waals surface area contributed by atoms with E-state index in [1.807, 2.05) is 0 Å². The van der Waals surface area contributed by atoms with Crippen LogP contribution in [-0.2, 0) is 9.53 Å². The Labute approximate surface area is 217 Å². The number of carbonyl (C=O) groups excluding carboxylic acids is 2. The molecule has 3 aromatic rings. The molecule has 1 N–H and O–H groups in total. The fourth-order valence-electron chi connectivity index (χ4n) is 5.17. The SMILES string of the molecule is CC1=NC(C)(C)C(=O)N1C1c2n[nH]c(=O)c3cc(F)cc(c23)N(C(=O)OC(C)(C)C)C1c1ccc(F)cc1. The van der Waals surface area contributed by atoms with Crippen LogP contribution in [0.5, 0.6) is 0 Å². The Kier molecular flexibility index (Phi) is 5.66. The summed E-state index contributed by atoms with van der Waals surface area (Å²) in [6, 6.07) is 5.56. The van der Waals surface area contributed by atoms with Crippen LogP contribution in [0, 0.1) is 11.6 Å². The summed E-state index contributed by atoms with van der Waals surface area (Å²) in [6.07, 6.45) is -0.838. The third kappa shape index (κ3) is 4.02. The standard InChI is InChI=1S/C27H27F2N5O4/c1-13-30-27(5,6)24(36)33(13)22-20-19-17(23(35)32-31-20)11-16(29)12-18(19)34(25(37)38-26(2,3)4)21(22)14-7-9-15(28)10-8-14/h7-12,21-22H,1-6H3,(H,32,35). The molecule has 0 bridgehead atoms. The minimum atomic E-state index is -1.10. The maximum Gasteiger partial charge on any atom is 0.415 e. The van der Waals surface area contributed by atoms with Crippen LogP contribution in [0.4, 0.5) is 19.3 Å². The first-order valence-corrected chi connectivity index (χ1v) is 12.1. The lowest BCUT2D eigenvalue weighted by Gasteiger charge is -2.45. The highest BCUT2D eigenvalue weighted by molar-refractivity contribution is 6.10. The molecule has 0 radical (unpaired) electrons. The van der Waals surface area contributed by atoms with Crippen LogP contribution in [0.25, 0.3) is 10.8 Å². The van der Waals surface area contributed by atoms with Gasteiger partial charge in [0.15, 0.2) is 0 Å². The van der Waals surface area contributed by atoms with Gasteiger partial charge in [-0.2, -0.15) is 5.10 Å². The molecular formula is C27H27F2N5O4. The van der Waals surface area contributed by atoms with E-state index in [1.165, 1.54) is 34.1 Å². The van der Waals surface area contributed by atoms with Gasteiger partial charge in [0.05, 0.1) is 22.8 Å². The van der Waals surface area contributed by atoms with Crippen LogP contribution < -0.4 is 10.5 Å². The lowest BCUT2D eigenvalue weighted by Crippen LogP contribution is -2.51. The third-order valence-electron chi connectivity index (χ3n) is 6.59. The first kappa shape index (κ1) is 25.5. The number of aromatic amines is 1. The lowest BCUT2D eigenvalue weighted by atomic mass is 9.86. The highest BCUT2D eigenvalue weighted by atomic mass is 19.1. The summed E-state index contributed by atoms with van der Waals surface area (Å²) in [4.78, 5) is 47.4. The number of benzene rings is 2. The van der Waals surface area contributed by atoms with E-state index in [4.69, 9.17) is 4.74 Å². The highest BCUT2D eigenvalue weighted by Crippen LogP contribution is 2.51. The van der Waals surface area contributed by atoms with Crippen molar-refractivity contribution in [2.45, 2.75) is 64.8 Å². The topological polar surface area (TPSA) is 108 Å². The van der Waals surface area contributed by atoms with Gasteiger partial charge in [-0.1, -0.05) is 12.1 Å². The van der Waals surface area contributed by atoms with Gasteiger partial charge in [0.25, 0.3) is 11.5 Å². The van der Waals surface area contributed by atoms with Crippen molar-refractivity contribution in [2.24, 2.45) is 4.99 Å². The molecule has 2 unspecified atom stereocenters. The number of aromatic nitrogens is 2. The average Bonchev–Trinajstić information content (AvgIpc) is 3.00. The molecule has 2 amide bonds. The number of hydrogen-bond donors (Lipinski definition) is 1. The Hall–Kier alpha value is -4.15. The molecule has 3 heterocycles. The Morgan fingerprint density at radius 2 is 1.71 bits per heavy atom. The van der Waals surface area contributed by atoms with E-state index >= 15 is 0 Å². The summed E-state index contributed by atoms with van der Waals surface area (Å²) in [5.74, 6) is -1.25. The second kappa shape index (κ2) is 8.44. The number of rotatable bonds is 2. The number of amides is 2. The molecule has 9 nitrogen and oxygen atoms in total. The molecule has 11 heteroatoms. The van der Waals surface area contributed by atoms with Gasteiger partial charge in [0, 0.05) is 5.39 Å². The summed E-state index contributed by atoms with van der Waals surface area (Å²) in [7, 11) is 0.